The van der Waals surface area contributed by atoms with Crippen molar-refractivity contribution in [1.29, 1.82) is 0 Å². The van der Waals surface area contributed by atoms with Gasteiger partial charge in [0, 0.05) is 5.56 Å². The normalized spacial score (nSPS) is 10.3. The number of rotatable bonds is 2. The minimum Gasteiger partial charge on any atom is -0.461 e. The third-order valence-electron chi connectivity index (χ3n) is 2.15. The van der Waals surface area contributed by atoms with Gasteiger partial charge in [0.15, 0.2) is 6.29 Å². The monoisotopic (exact) mass is 204 g/mol. The molecule has 0 saturated carbocycles. The molecule has 0 bridgehead atoms. The Balaban J connectivity index is 2.46. The number of furan rings is 1. The summed E-state index contributed by atoms with van der Waals surface area (Å²) in [4.78, 5) is 10.4. The molecule has 2 nitrogen and oxygen atoms in total. The van der Waals surface area contributed by atoms with Crippen molar-refractivity contribution < 1.29 is 13.6 Å². The van der Waals surface area contributed by atoms with Gasteiger partial charge in [-0.3, -0.25) is 4.79 Å². The van der Waals surface area contributed by atoms with Crippen LogP contribution in [0.2, 0.25) is 0 Å². The molecule has 0 N–H and O–H groups in total. The van der Waals surface area contributed by atoms with Crippen molar-refractivity contribution in [1.82, 2.24) is 0 Å². The van der Waals surface area contributed by atoms with Gasteiger partial charge in [0.1, 0.15) is 17.3 Å². The van der Waals surface area contributed by atoms with Crippen LogP contribution >= 0.6 is 0 Å². The standard InChI is InChI=1S/C12H9FO2/c1-8-2-5-12(15-8)9-3-4-10(7-14)11(13)6-9/h2-7H,1H3. The molecule has 2 rings (SSSR count). The second-order valence-electron chi connectivity index (χ2n) is 3.26. The van der Waals surface area contributed by atoms with Crippen molar-refractivity contribution in [3.05, 3.63) is 47.5 Å². The molecule has 0 spiro atoms. The highest BCUT2D eigenvalue weighted by molar-refractivity contribution is 5.76. The molecular formula is C12H9FO2. The zero-order valence-electron chi connectivity index (χ0n) is 8.16. The summed E-state index contributed by atoms with van der Waals surface area (Å²) >= 11 is 0. The summed E-state index contributed by atoms with van der Waals surface area (Å²) in [6.07, 6.45) is 0.493. The van der Waals surface area contributed by atoms with Crippen LogP contribution in [-0.4, -0.2) is 6.29 Å². The summed E-state index contributed by atoms with van der Waals surface area (Å²) in [5.74, 6) is 0.838. The quantitative estimate of drug-likeness (QED) is 0.703. The van der Waals surface area contributed by atoms with Gasteiger partial charge in [0.25, 0.3) is 0 Å². The van der Waals surface area contributed by atoms with Gasteiger partial charge >= 0.3 is 0 Å². The number of aldehydes is 1. The van der Waals surface area contributed by atoms with Gasteiger partial charge in [0.05, 0.1) is 5.56 Å². The molecule has 1 aromatic carbocycles. The highest BCUT2D eigenvalue weighted by Gasteiger charge is 2.06. The van der Waals surface area contributed by atoms with Crippen molar-refractivity contribution in [3.63, 3.8) is 0 Å². The van der Waals surface area contributed by atoms with Gasteiger partial charge in [-0.25, -0.2) is 4.39 Å². The number of hydrogen-bond donors (Lipinski definition) is 0. The van der Waals surface area contributed by atoms with Crippen LogP contribution in [0.15, 0.2) is 34.7 Å². The molecule has 0 amide bonds. The average Bonchev–Trinajstić information content (AvgIpc) is 2.65. The van der Waals surface area contributed by atoms with Gasteiger partial charge < -0.3 is 4.42 Å². The Morgan fingerprint density at radius 1 is 1.27 bits per heavy atom. The highest BCUT2D eigenvalue weighted by atomic mass is 19.1. The molecule has 0 aliphatic heterocycles. The van der Waals surface area contributed by atoms with Crippen molar-refractivity contribution in [2.24, 2.45) is 0 Å². The van der Waals surface area contributed by atoms with Gasteiger partial charge in [-0.2, -0.15) is 0 Å². The van der Waals surface area contributed by atoms with Crippen molar-refractivity contribution >= 4 is 6.29 Å². The number of carbonyl (C=O) groups excluding carboxylic acids is 1. The second-order valence-corrected chi connectivity index (χ2v) is 3.26. The maximum Gasteiger partial charge on any atom is 0.152 e. The van der Waals surface area contributed by atoms with Crippen molar-refractivity contribution in [2.75, 3.05) is 0 Å². The second kappa shape index (κ2) is 3.69. The molecule has 0 radical (unpaired) electrons. The molecule has 0 atom stereocenters. The minimum atomic E-state index is -0.531. The number of halogens is 1. The van der Waals surface area contributed by atoms with Crippen LogP contribution in [0.5, 0.6) is 0 Å². The van der Waals surface area contributed by atoms with Crippen molar-refractivity contribution in [2.45, 2.75) is 6.92 Å². The first-order valence-electron chi connectivity index (χ1n) is 4.52. The van der Waals surface area contributed by atoms with E-state index in [1.54, 1.807) is 18.2 Å². The fourth-order valence-corrected chi connectivity index (χ4v) is 1.37. The maximum absolute atomic E-state index is 13.3. The molecule has 0 aliphatic carbocycles. The summed E-state index contributed by atoms with van der Waals surface area (Å²) in [6, 6.07) is 7.97. The Labute approximate surface area is 86.3 Å². The van der Waals surface area contributed by atoms with E-state index in [2.05, 4.69) is 0 Å². The molecule has 0 aliphatic rings. The SMILES string of the molecule is Cc1ccc(-c2ccc(C=O)c(F)c2)o1. The Hall–Kier alpha value is -1.90. The lowest BCUT2D eigenvalue weighted by Gasteiger charge is -1.98. The van der Waals surface area contributed by atoms with E-state index in [4.69, 9.17) is 4.42 Å². The summed E-state index contributed by atoms with van der Waals surface area (Å²) < 4.78 is 18.6. The largest absolute Gasteiger partial charge is 0.461 e. The third kappa shape index (κ3) is 1.81. The summed E-state index contributed by atoms with van der Waals surface area (Å²) in [5.41, 5.74) is 0.688. The fourth-order valence-electron chi connectivity index (χ4n) is 1.37. The molecule has 15 heavy (non-hydrogen) atoms. The molecule has 0 unspecified atom stereocenters. The van der Waals surface area contributed by atoms with Gasteiger partial charge in [-0.05, 0) is 31.2 Å². The summed E-state index contributed by atoms with van der Waals surface area (Å²) in [6.45, 7) is 1.82. The van der Waals surface area contributed by atoms with E-state index < -0.39 is 5.82 Å². The van der Waals surface area contributed by atoms with E-state index in [0.29, 0.717) is 17.6 Å². The smallest absolute Gasteiger partial charge is 0.152 e. The summed E-state index contributed by atoms with van der Waals surface area (Å²) in [7, 11) is 0. The van der Waals surface area contributed by atoms with E-state index >= 15 is 0 Å². The minimum absolute atomic E-state index is 0.0574. The number of benzene rings is 1. The number of aryl methyl sites for hydroxylation is 1. The topological polar surface area (TPSA) is 30.2 Å². The fraction of sp³-hybridized carbons (Fsp3) is 0.0833. The van der Waals surface area contributed by atoms with Crippen LogP contribution in [0.25, 0.3) is 11.3 Å². The number of hydrogen-bond acceptors (Lipinski definition) is 2. The molecule has 0 saturated heterocycles. The van der Waals surface area contributed by atoms with Gasteiger partial charge in [-0.1, -0.05) is 6.07 Å². The number of carbonyl (C=O) groups is 1. The van der Waals surface area contributed by atoms with E-state index in [1.807, 2.05) is 6.92 Å². The lowest BCUT2D eigenvalue weighted by molar-refractivity contribution is 0.112. The molecular weight excluding hydrogens is 195 g/mol. The van der Waals surface area contributed by atoms with E-state index in [0.717, 1.165) is 5.76 Å². The molecule has 3 heteroatoms. The predicted octanol–water partition coefficient (Wildman–Crippen LogP) is 3.21. The lowest BCUT2D eigenvalue weighted by atomic mass is 10.1. The maximum atomic E-state index is 13.3. The Morgan fingerprint density at radius 2 is 2.07 bits per heavy atom. The van der Waals surface area contributed by atoms with Crippen molar-refractivity contribution in [3.8, 4) is 11.3 Å². The van der Waals surface area contributed by atoms with Crippen LogP contribution in [-0.2, 0) is 0 Å². The zero-order valence-corrected chi connectivity index (χ0v) is 8.16. The van der Waals surface area contributed by atoms with E-state index in [9.17, 15) is 9.18 Å². The van der Waals surface area contributed by atoms with Crippen LogP contribution < -0.4 is 0 Å². The zero-order chi connectivity index (χ0) is 10.8. The van der Waals surface area contributed by atoms with Crippen LogP contribution in [0.3, 0.4) is 0 Å². The first-order chi connectivity index (χ1) is 7.20. The van der Waals surface area contributed by atoms with E-state index in [1.165, 1.54) is 12.1 Å². The molecule has 76 valence electrons. The van der Waals surface area contributed by atoms with Gasteiger partial charge in [0.2, 0.25) is 0 Å². The van der Waals surface area contributed by atoms with Crippen LogP contribution in [0.1, 0.15) is 16.1 Å². The Morgan fingerprint density at radius 3 is 2.60 bits per heavy atom. The summed E-state index contributed by atoms with van der Waals surface area (Å²) in [5, 5.41) is 0. The first kappa shape index (κ1) is 9.65. The Kier molecular flexibility index (Phi) is 2.37. The van der Waals surface area contributed by atoms with Crippen LogP contribution in [0, 0.1) is 12.7 Å². The highest BCUT2D eigenvalue weighted by Crippen LogP contribution is 2.23. The molecule has 1 aromatic heterocycles. The lowest BCUT2D eigenvalue weighted by Crippen LogP contribution is -1.87. The molecule has 2 aromatic rings. The van der Waals surface area contributed by atoms with Gasteiger partial charge in [-0.15, -0.1) is 0 Å². The molecule has 0 fully saturated rings. The van der Waals surface area contributed by atoms with E-state index in [-0.39, 0.29) is 5.56 Å². The first-order valence-corrected chi connectivity index (χ1v) is 4.52. The predicted molar refractivity (Wildman–Crippen MR) is 54.2 cm³/mol. The Bertz CT molecular complexity index is 500. The average molecular weight is 204 g/mol. The van der Waals surface area contributed by atoms with Crippen LogP contribution in [0.4, 0.5) is 4.39 Å². The molecule has 1 heterocycles. The third-order valence-corrected chi connectivity index (χ3v) is 2.15.